The minimum atomic E-state index is -0.588. The number of rotatable bonds is 4. The molecule has 0 radical (unpaired) electrons. The molecule has 1 amide bonds. The largest absolute Gasteiger partial charge is 0.364 e. The second-order valence-electron chi connectivity index (χ2n) is 3.54. The molecule has 0 atom stereocenters. The van der Waals surface area contributed by atoms with Crippen LogP contribution in [0.4, 0.5) is 5.82 Å². The van der Waals surface area contributed by atoms with E-state index in [4.69, 9.17) is 5.73 Å². The van der Waals surface area contributed by atoms with Crippen LogP contribution in [0.25, 0.3) is 0 Å². The van der Waals surface area contributed by atoms with Gasteiger partial charge in [0.05, 0.1) is 6.20 Å². The van der Waals surface area contributed by atoms with Gasteiger partial charge in [0.15, 0.2) is 5.69 Å². The van der Waals surface area contributed by atoms with Crippen LogP contribution in [0.5, 0.6) is 0 Å². The molecule has 0 bridgehead atoms. The fraction of sp³-hybridized carbons (Fsp3) is 0.200. The van der Waals surface area contributed by atoms with E-state index >= 15 is 0 Å². The number of anilines is 1. The Morgan fingerprint density at radius 2 is 2.29 bits per heavy atom. The van der Waals surface area contributed by atoms with E-state index in [9.17, 15) is 4.79 Å². The second kappa shape index (κ2) is 4.60. The lowest BCUT2D eigenvalue weighted by molar-refractivity contribution is 0.0994. The first kappa shape index (κ1) is 11.1. The van der Waals surface area contributed by atoms with Crippen LogP contribution in [-0.2, 0) is 6.54 Å². The van der Waals surface area contributed by atoms with Crippen LogP contribution in [0.1, 0.15) is 21.7 Å². The van der Waals surface area contributed by atoms with Crippen molar-refractivity contribution in [2.45, 2.75) is 13.5 Å². The van der Waals surface area contributed by atoms with Crippen molar-refractivity contribution in [3.8, 4) is 0 Å². The van der Waals surface area contributed by atoms with Crippen LogP contribution in [0, 0.1) is 6.92 Å². The number of hydrogen-bond acceptors (Lipinski definition) is 5. The SMILES string of the molecule is Cc1[nH]ncc1CNc1ccc(C(N)=O)nn1. The lowest BCUT2D eigenvalue weighted by Gasteiger charge is -2.03. The number of hydrogen-bond donors (Lipinski definition) is 3. The number of amides is 1. The molecule has 2 aromatic heterocycles. The molecule has 4 N–H and O–H groups in total. The van der Waals surface area contributed by atoms with Crippen molar-refractivity contribution in [1.82, 2.24) is 20.4 Å². The van der Waals surface area contributed by atoms with Crippen molar-refractivity contribution in [3.63, 3.8) is 0 Å². The third kappa shape index (κ3) is 2.57. The molecule has 17 heavy (non-hydrogen) atoms. The molecule has 2 heterocycles. The standard InChI is InChI=1S/C10H12N6O/c1-6-7(5-13-14-6)4-12-9-3-2-8(10(11)17)15-16-9/h2-3,5H,4H2,1H3,(H2,11,17)(H,12,16)(H,13,14). The van der Waals surface area contributed by atoms with Crippen LogP contribution >= 0.6 is 0 Å². The average molecular weight is 232 g/mol. The van der Waals surface area contributed by atoms with Gasteiger partial charge in [-0.1, -0.05) is 0 Å². The Morgan fingerprint density at radius 3 is 2.82 bits per heavy atom. The number of H-pyrrole nitrogens is 1. The number of primary amides is 1. The zero-order valence-corrected chi connectivity index (χ0v) is 9.27. The van der Waals surface area contributed by atoms with E-state index in [1.165, 1.54) is 6.07 Å². The number of aromatic amines is 1. The predicted octanol–water partition coefficient (Wildman–Crippen LogP) is 0.219. The summed E-state index contributed by atoms with van der Waals surface area (Å²) in [6.45, 7) is 2.53. The summed E-state index contributed by atoms with van der Waals surface area (Å²) in [6, 6.07) is 3.18. The highest BCUT2D eigenvalue weighted by molar-refractivity contribution is 5.90. The Balaban J connectivity index is 2.00. The van der Waals surface area contributed by atoms with Gasteiger partial charge in [-0.15, -0.1) is 10.2 Å². The normalized spacial score (nSPS) is 10.2. The first-order valence-corrected chi connectivity index (χ1v) is 5.03. The molecule has 0 aliphatic rings. The van der Waals surface area contributed by atoms with E-state index in [0.717, 1.165) is 11.3 Å². The van der Waals surface area contributed by atoms with Crippen molar-refractivity contribution in [2.24, 2.45) is 5.73 Å². The average Bonchev–Trinajstić information content (AvgIpc) is 2.73. The van der Waals surface area contributed by atoms with Crippen molar-refractivity contribution in [2.75, 3.05) is 5.32 Å². The third-order valence-corrected chi connectivity index (χ3v) is 2.31. The molecular weight excluding hydrogens is 220 g/mol. The molecule has 0 aliphatic heterocycles. The summed E-state index contributed by atoms with van der Waals surface area (Å²) in [5, 5.41) is 17.3. The fourth-order valence-corrected chi connectivity index (χ4v) is 1.30. The van der Waals surface area contributed by atoms with Crippen molar-refractivity contribution >= 4 is 11.7 Å². The molecule has 0 aromatic carbocycles. The van der Waals surface area contributed by atoms with Gasteiger partial charge < -0.3 is 11.1 Å². The quantitative estimate of drug-likeness (QED) is 0.698. The molecule has 2 rings (SSSR count). The van der Waals surface area contributed by atoms with Crippen molar-refractivity contribution in [1.29, 1.82) is 0 Å². The number of nitrogens with two attached hydrogens (primary N) is 1. The molecule has 0 saturated carbocycles. The maximum Gasteiger partial charge on any atom is 0.269 e. The van der Waals surface area contributed by atoms with Crippen LogP contribution in [0.2, 0.25) is 0 Å². The maximum atomic E-state index is 10.8. The van der Waals surface area contributed by atoms with Gasteiger partial charge in [0.2, 0.25) is 0 Å². The summed E-state index contributed by atoms with van der Waals surface area (Å²) in [5.74, 6) is -0.00895. The summed E-state index contributed by atoms with van der Waals surface area (Å²) in [6.07, 6.45) is 1.74. The number of aryl methyl sites for hydroxylation is 1. The number of carbonyl (C=O) groups excluding carboxylic acids is 1. The van der Waals surface area contributed by atoms with E-state index < -0.39 is 5.91 Å². The Hall–Kier alpha value is -2.44. The number of carbonyl (C=O) groups is 1. The zero-order valence-electron chi connectivity index (χ0n) is 9.27. The van der Waals surface area contributed by atoms with Gasteiger partial charge in [0, 0.05) is 17.8 Å². The Bertz CT molecular complexity index is 518. The lowest BCUT2D eigenvalue weighted by Crippen LogP contribution is -2.14. The molecule has 0 unspecified atom stereocenters. The molecule has 88 valence electrons. The summed E-state index contributed by atoms with van der Waals surface area (Å²) >= 11 is 0. The van der Waals surface area contributed by atoms with Crippen molar-refractivity contribution in [3.05, 3.63) is 35.3 Å². The van der Waals surface area contributed by atoms with Crippen molar-refractivity contribution < 1.29 is 4.79 Å². The maximum absolute atomic E-state index is 10.8. The fourth-order valence-electron chi connectivity index (χ4n) is 1.30. The molecule has 0 spiro atoms. The summed E-state index contributed by atoms with van der Waals surface area (Å²) in [7, 11) is 0. The highest BCUT2D eigenvalue weighted by Gasteiger charge is 2.04. The minimum absolute atomic E-state index is 0.148. The van der Waals surface area contributed by atoms with E-state index in [1.807, 2.05) is 6.92 Å². The molecule has 0 fully saturated rings. The Labute approximate surface area is 97.4 Å². The van der Waals surface area contributed by atoms with E-state index in [2.05, 4.69) is 25.7 Å². The topological polar surface area (TPSA) is 110 Å². The highest BCUT2D eigenvalue weighted by Crippen LogP contribution is 2.07. The summed E-state index contributed by atoms with van der Waals surface area (Å²) in [4.78, 5) is 10.8. The lowest BCUT2D eigenvalue weighted by atomic mass is 10.2. The first-order chi connectivity index (χ1) is 8.16. The van der Waals surface area contributed by atoms with Crippen LogP contribution in [0.15, 0.2) is 18.3 Å². The summed E-state index contributed by atoms with van der Waals surface area (Å²) in [5.41, 5.74) is 7.26. The monoisotopic (exact) mass is 232 g/mol. The van der Waals surface area contributed by atoms with Gasteiger partial charge in [0.1, 0.15) is 5.82 Å². The van der Waals surface area contributed by atoms with E-state index in [-0.39, 0.29) is 5.69 Å². The van der Waals surface area contributed by atoms with E-state index in [1.54, 1.807) is 12.3 Å². The number of aromatic nitrogens is 4. The molecule has 7 heteroatoms. The van der Waals surface area contributed by atoms with Crippen LogP contribution in [-0.4, -0.2) is 26.3 Å². The smallest absolute Gasteiger partial charge is 0.269 e. The van der Waals surface area contributed by atoms with Gasteiger partial charge in [-0.25, -0.2) is 0 Å². The van der Waals surface area contributed by atoms with Gasteiger partial charge in [-0.3, -0.25) is 9.89 Å². The van der Waals surface area contributed by atoms with E-state index in [0.29, 0.717) is 12.4 Å². The van der Waals surface area contributed by atoms with Gasteiger partial charge >= 0.3 is 0 Å². The molecule has 0 saturated heterocycles. The highest BCUT2D eigenvalue weighted by atomic mass is 16.1. The summed E-state index contributed by atoms with van der Waals surface area (Å²) < 4.78 is 0. The molecule has 0 aliphatic carbocycles. The van der Waals surface area contributed by atoms with Crippen LogP contribution in [0.3, 0.4) is 0 Å². The first-order valence-electron chi connectivity index (χ1n) is 5.03. The zero-order chi connectivity index (χ0) is 12.3. The van der Waals surface area contributed by atoms with Gasteiger partial charge in [-0.05, 0) is 19.1 Å². The number of nitrogens with zero attached hydrogens (tertiary/aromatic N) is 3. The molecular formula is C10H12N6O. The molecule has 2 aromatic rings. The Kier molecular flexibility index (Phi) is 2.99. The second-order valence-corrected chi connectivity index (χ2v) is 3.54. The van der Waals surface area contributed by atoms with Crippen LogP contribution < -0.4 is 11.1 Å². The van der Waals surface area contributed by atoms with Gasteiger partial charge in [0.25, 0.3) is 5.91 Å². The van der Waals surface area contributed by atoms with Gasteiger partial charge in [-0.2, -0.15) is 5.10 Å². The molecule has 7 nitrogen and oxygen atoms in total. The third-order valence-electron chi connectivity index (χ3n) is 2.31. The minimum Gasteiger partial charge on any atom is -0.364 e. The Morgan fingerprint density at radius 1 is 1.47 bits per heavy atom. The number of nitrogens with one attached hydrogen (secondary N) is 2. The predicted molar refractivity (Wildman–Crippen MR) is 61.2 cm³/mol.